The second-order valence-electron chi connectivity index (χ2n) is 4.10. The van der Waals surface area contributed by atoms with Gasteiger partial charge in [-0.3, -0.25) is 4.98 Å². The number of halogens is 3. The van der Waals surface area contributed by atoms with Crippen LogP contribution in [-0.4, -0.2) is 39.6 Å². The van der Waals surface area contributed by atoms with Crippen molar-refractivity contribution in [1.29, 1.82) is 0 Å². The maximum absolute atomic E-state index is 12.6. The first-order valence-electron chi connectivity index (χ1n) is 5.89. The molecule has 20 heavy (non-hydrogen) atoms. The number of alkyl halides is 3. The van der Waals surface area contributed by atoms with Crippen molar-refractivity contribution in [1.82, 2.24) is 19.7 Å². The van der Waals surface area contributed by atoms with E-state index in [4.69, 9.17) is 4.74 Å². The second kappa shape index (κ2) is 6.00. The van der Waals surface area contributed by atoms with Crippen LogP contribution in [0.2, 0.25) is 0 Å². The van der Waals surface area contributed by atoms with Gasteiger partial charge in [0.2, 0.25) is 0 Å². The molecule has 0 spiro atoms. The molecule has 0 aromatic carbocycles. The topological polar surface area (TPSA) is 52.8 Å². The lowest BCUT2D eigenvalue weighted by atomic mass is 10.2. The molecule has 2 rings (SSSR count). The van der Waals surface area contributed by atoms with Crippen molar-refractivity contribution in [2.45, 2.75) is 19.1 Å². The maximum atomic E-state index is 12.6. The number of aromatic nitrogens is 4. The lowest BCUT2D eigenvalue weighted by molar-refractivity contribution is -0.142. The van der Waals surface area contributed by atoms with E-state index in [-0.39, 0.29) is 5.82 Å². The molecule has 0 aliphatic carbocycles. The first kappa shape index (κ1) is 14.4. The Kier molecular flexibility index (Phi) is 4.33. The molecule has 0 saturated heterocycles. The maximum Gasteiger partial charge on any atom is 0.408 e. The predicted molar refractivity (Wildman–Crippen MR) is 64.9 cm³/mol. The molecule has 0 aliphatic heterocycles. The Morgan fingerprint density at radius 2 is 1.95 bits per heavy atom. The van der Waals surface area contributed by atoms with Crippen LogP contribution >= 0.6 is 0 Å². The molecular formula is C12H13F3N4O. The number of pyridine rings is 1. The zero-order valence-electron chi connectivity index (χ0n) is 10.8. The molecule has 0 atom stereocenters. The van der Waals surface area contributed by atoms with Gasteiger partial charge in [-0.25, -0.2) is 9.67 Å². The van der Waals surface area contributed by atoms with Crippen LogP contribution in [0.5, 0.6) is 0 Å². The van der Waals surface area contributed by atoms with Crippen LogP contribution in [-0.2, 0) is 17.7 Å². The molecule has 108 valence electrons. The highest BCUT2D eigenvalue weighted by Gasteiger charge is 2.30. The van der Waals surface area contributed by atoms with Crippen molar-refractivity contribution in [2.75, 3.05) is 13.7 Å². The van der Waals surface area contributed by atoms with Crippen LogP contribution in [0.1, 0.15) is 5.82 Å². The summed E-state index contributed by atoms with van der Waals surface area (Å²) in [6.07, 6.45) is -0.999. The third kappa shape index (κ3) is 3.77. The van der Waals surface area contributed by atoms with E-state index in [1.54, 1.807) is 12.1 Å². The number of ether oxygens (including phenoxy) is 1. The first-order valence-corrected chi connectivity index (χ1v) is 5.89. The Hall–Kier alpha value is -1.96. The summed E-state index contributed by atoms with van der Waals surface area (Å²) in [6.45, 7) is -0.823. The summed E-state index contributed by atoms with van der Waals surface area (Å²) in [7, 11) is 1.51. The number of hydrogen-bond acceptors (Lipinski definition) is 4. The highest BCUT2D eigenvalue weighted by Crippen LogP contribution is 2.22. The van der Waals surface area contributed by atoms with Crippen molar-refractivity contribution in [3.8, 4) is 11.4 Å². The van der Waals surface area contributed by atoms with Gasteiger partial charge >= 0.3 is 6.18 Å². The van der Waals surface area contributed by atoms with Gasteiger partial charge in [-0.15, -0.1) is 0 Å². The zero-order valence-corrected chi connectivity index (χ0v) is 10.8. The molecule has 0 fully saturated rings. The molecule has 0 radical (unpaired) electrons. The molecule has 0 N–H and O–H groups in total. The smallest absolute Gasteiger partial charge is 0.384 e. The van der Waals surface area contributed by atoms with Crippen LogP contribution in [0.4, 0.5) is 13.2 Å². The van der Waals surface area contributed by atoms with Crippen molar-refractivity contribution in [2.24, 2.45) is 0 Å². The fourth-order valence-electron chi connectivity index (χ4n) is 1.68. The highest BCUT2D eigenvalue weighted by molar-refractivity contribution is 5.53. The van der Waals surface area contributed by atoms with E-state index in [1.165, 1.54) is 19.5 Å². The molecule has 2 heterocycles. The molecule has 5 nitrogen and oxygen atoms in total. The first-order chi connectivity index (χ1) is 9.49. The summed E-state index contributed by atoms with van der Waals surface area (Å²) in [5.41, 5.74) is 0.542. The Bertz CT molecular complexity index is 554. The molecule has 0 bridgehead atoms. The number of methoxy groups -OCH3 is 1. The van der Waals surface area contributed by atoms with Crippen molar-refractivity contribution >= 4 is 0 Å². The third-order valence-corrected chi connectivity index (χ3v) is 2.51. The van der Waals surface area contributed by atoms with E-state index in [1.807, 2.05) is 0 Å². The Morgan fingerprint density at radius 3 is 2.55 bits per heavy atom. The summed E-state index contributed by atoms with van der Waals surface area (Å²) in [5, 5.41) is 3.89. The van der Waals surface area contributed by atoms with Gasteiger partial charge in [0.25, 0.3) is 0 Å². The number of rotatable bonds is 5. The average molecular weight is 286 g/mol. The second-order valence-corrected chi connectivity index (χ2v) is 4.10. The monoisotopic (exact) mass is 286 g/mol. The van der Waals surface area contributed by atoms with Gasteiger partial charge in [0.15, 0.2) is 11.6 Å². The average Bonchev–Trinajstić information content (AvgIpc) is 2.78. The normalized spacial score (nSPS) is 11.8. The summed E-state index contributed by atoms with van der Waals surface area (Å²) in [6, 6.07) is 3.19. The van der Waals surface area contributed by atoms with E-state index in [2.05, 4.69) is 15.1 Å². The summed E-state index contributed by atoms with van der Waals surface area (Å²) < 4.78 is 43.5. The SMILES string of the molecule is COCCc1nc(-c2ccncc2)n(CC(F)(F)F)n1. The minimum Gasteiger partial charge on any atom is -0.384 e. The minimum absolute atomic E-state index is 0.177. The van der Waals surface area contributed by atoms with Gasteiger partial charge < -0.3 is 4.74 Å². The molecular weight excluding hydrogens is 273 g/mol. The van der Waals surface area contributed by atoms with E-state index < -0.39 is 12.7 Å². The van der Waals surface area contributed by atoms with Gasteiger partial charge in [0.05, 0.1) is 6.61 Å². The fraction of sp³-hybridized carbons (Fsp3) is 0.417. The Labute approximate surface area is 113 Å². The summed E-state index contributed by atoms with van der Waals surface area (Å²) in [4.78, 5) is 7.98. The lowest BCUT2D eigenvalue weighted by Gasteiger charge is -2.08. The van der Waals surface area contributed by atoms with Crippen molar-refractivity contribution < 1.29 is 17.9 Å². The zero-order chi connectivity index (χ0) is 14.6. The standard InChI is InChI=1S/C12H13F3N4O/c1-20-7-4-10-17-11(9-2-5-16-6-3-9)19(18-10)8-12(13,14)15/h2-3,5-6H,4,7-8H2,1H3. The van der Waals surface area contributed by atoms with Crippen molar-refractivity contribution in [3.05, 3.63) is 30.4 Å². The minimum atomic E-state index is -4.35. The molecule has 0 unspecified atom stereocenters. The molecule has 0 saturated carbocycles. The van der Waals surface area contributed by atoms with Gasteiger partial charge in [-0.2, -0.15) is 18.3 Å². The number of nitrogens with zero attached hydrogens (tertiary/aromatic N) is 4. The van der Waals surface area contributed by atoms with E-state index >= 15 is 0 Å². The molecule has 0 amide bonds. The van der Waals surface area contributed by atoms with Crippen LogP contribution in [0.15, 0.2) is 24.5 Å². The predicted octanol–water partition coefficient (Wildman–Crippen LogP) is 2.09. The van der Waals surface area contributed by atoms with E-state index in [0.29, 0.717) is 24.4 Å². The van der Waals surface area contributed by atoms with Gasteiger partial charge in [-0.1, -0.05) is 0 Å². The fourth-order valence-corrected chi connectivity index (χ4v) is 1.68. The molecule has 2 aromatic rings. The molecule has 8 heteroatoms. The van der Waals surface area contributed by atoms with Crippen LogP contribution in [0.25, 0.3) is 11.4 Å². The van der Waals surface area contributed by atoms with E-state index in [9.17, 15) is 13.2 Å². The largest absolute Gasteiger partial charge is 0.408 e. The van der Waals surface area contributed by atoms with Gasteiger partial charge in [-0.05, 0) is 12.1 Å². The Balaban J connectivity index is 2.34. The van der Waals surface area contributed by atoms with Gasteiger partial charge in [0.1, 0.15) is 6.54 Å². The molecule has 0 aliphatic rings. The summed E-state index contributed by atoms with van der Waals surface area (Å²) in [5.74, 6) is 0.499. The Morgan fingerprint density at radius 1 is 1.25 bits per heavy atom. The van der Waals surface area contributed by atoms with Crippen LogP contribution in [0, 0.1) is 0 Å². The van der Waals surface area contributed by atoms with Gasteiger partial charge in [0, 0.05) is 31.5 Å². The number of hydrogen-bond donors (Lipinski definition) is 0. The van der Waals surface area contributed by atoms with Crippen LogP contribution in [0.3, 0.4) is 0 Å². The lowest BCUT2D eigenvalue weighted by Crippen LogP contribution is -2.19. The van der Waals surface area contributed by atoms with Crippen LogP contribution < -0.4 is 0 Å². The third-order valence-electron chi connectivity index (χ3n) is 2.51. The van der Waals surface area contributed by atoms with Crippen molar-refractivity contribution in [3.63, 3.8) is 0 Å². The quantitative estimate of drug-likeness (QED) is 0.844. The summed E-state index contributed by atoms with van der Waals surface area (Å²) >= 11 is 0. The van der Waals surface area contributed by atoms with E-state index in [0.717, 1.165) is 4.68 Å². The molecule has 2 aromatic heterocycles. The highest BCUT2D eigenvalue weighted by atomic mass is 19.4.